The van der Waals surface area contributed by atoms with Crippen LogP contribution in [0.1, 0.15) is 18.4 Å². The minimum absolute atomic E-state index is 0.0324. The van der Waals surface area contributed by atoms with Gasteiger partial charge < -0.3 is 15.2 Å². The second kappa shape index (κ2) is 6.23. The molecule has 0 unspecified atom stereocenters. The van der Waals surface area contributed by atoms with Gasteiger partial charge in [-0.15, -0.1) is 0 Å². The zero-order chi connectivity index (χ0) is 14.8. The van der Waals surface area contributed by atoms with Crippen molar-refractivity contribution in [2.75, 3.05) is 26.3 Å². The fourth-order valence-corrected chi connectivity index (χ4v) is 3.29. The van der Waals surface area contributed by atoms with E-state index >= 15 is 0 Å². The number of hydrogen-bond donors (Lipinski definition) is 1. The number of rotatable bonds is 3. The Morgan fingerprint density at radius 1 is 1.24 bits per heavy atom. The number of halogens is 1. The maximum Gasteiger partial charge on any atom is 0.220 e. The van der Waals surface area contributed by atoms with Gasteiger partial charge in [0, 0.05) is 16.9 Å². The second-order valence-electron chi connectivity index (χ2n) is 5.54. The first kappa shape index (κ1) is 14.7. The normalized spacial score (nSPS) is 19.5. The van der Waals surface area contributed by atoms with Crippen molar-refractivity contribution in [3.05, 3.63) is 22.2 Å². The Hall–Kier alpha value is -1.27. The number of benzene rings is 1. The quantitative estimate of drug-likeness (QED) is 0.900. The molecule has 2 aliphatic rings. The van der Waals surface area contributed by atoms with Crippen LogP contribution in [-0.2, 0) is 11.3 Å². The maximum atomic E-state index is 11.2. The number of amides is 1. The molecule has 0 spiro atoms. The summed E-state index contributed by atoms with van der Waals surface area (Å²) >= 11 is 3.60. The van der Waals surface area contributed by atoms with Gasteiger partial charge >= 0.3 is 0 Å². The van der Waals surface area contributed by atoms with E-state index in [9.17, 15) is 4.79 Å². The predicted octanol–water partition coefficient (Wildman–Crippen LogP) is 1.92. The van der Waals surface area contributed by atoms with E-state index in [1.165, 1.54) is 5.56 Å². The van der Waals surface area contributed by atoms with Crippen LogP contribution in [0.15, 0.2) is 16.6 Å². The highest BCUT2D eigenvalue weighted by Gasteiger charge is 2.24. The molecule has 2 heterocycles. The number of primary amides is 1. The topological polar surface area (TPSA) is 64.8 Å². The molecule has 1 saturated heterocycles. The van der Waals surface area contributed by atoms with Crippen LogP contribution < -0.4 is 15.2 Å². The van der Waals surface area contributed by atoms with E-state index in [1.807, 2.05) is 12.1 Å². The highest BCUT2D eigenvalue weighted by Crippen LogP contribution is 2.36. The van der Waals surface area contributed by atoms with Crippen molar-refractivity contribution in [1.29, 1.82) is 0 Å². The lowest BCUT2D eigenvalue weighted by Gasteiger charge is -2.31. The van der Waals surface area contributed by atoms with Crippen molar-refractivity contribution < 1.29 is 14.3 Å². The van der Waals surface area contributed by atoms with E-state index in [4.69, 9.17) is 15.2 Å². The fraction of sp³-hybridized carbons (Fsp3) is 0.533. The third-order valence-electron chi connectivity index (χ3n) is 4.10. The molecule has 1 amide bonds. The second-order valence-corrected chi connectivity index (χ2v) is 6.39. The molecule has 2 aliphatic heterocycles. The molecule has 1 aromatic carbocycles. The molecule has 2 N–H and O–H groups in total. The standard InChI is InChI=1S/C15H19BrN2O3/c16-12-8-14-13(20-5-6-21-14)7-11(12)9-18-3-1-10(2-4-18)15(17)19/h7-8,10H,1-6,9H2,(H2,17,19). The Bertz CT molecular complexity index is 542. The van der Waals surface area contributed by atoms with Gasteiger partial charge in [-0.3, -0.25) is 9.69 Å². The van der Waals surface area contributed by atoms with Crippen LogP contribution in [0.5, 0.6) is 11.5 Å². The van der Waals surface area contributed by atoms with Gasteiger partial charge in [0.2, 0.25) is 5.91 Å². The smallest absolute Gasteiger partial charge is 0.220 e. The SMILES string of the molecule is NC(=O)C1CCN(Cc2cc3c(cc2Br)OCCO3)CC1. The lowest BCUT2D eigenvalue weighted by Crippen LogP contribution is -2.38. The predicted molar refractivity (Wildman–Crippen MR) is 82.3 cm³/mol. The number of nitrogens with zero attached hydrogens (tertiary/aromatic N) is 1. The third kappa shape index (κ3) is 3.32. The van der Waals surface area contributed by atoms with Gasteiger partial charge in [0.1, 0.15) is 13.2 Å². The van der Waals surface area contributed by atoms with Crippen molar-refractivity contribution in [2.45, 2.75) is 19.4 Å². The zero-order valence-electron chi connectivity index (χ0n) is 11.8. The number of ether oxygens (including phenoxy) is 2. The van der Waals surface area contributed by atoms with Crippen LogP contribution in [0.25, 0.3) is 0 Å². The molecule has 3 rings (SSSR count). The summed E-state index contributed by atoms with van der Waals surface area (Å²) in [6.07, 6.45) is 1.69. The van der Waals surface area contributed by atoms with E-state index in [0.29, 0.717) is 13.2 Å². The van der Waals surface area contributed by atoms with Crippen LogP contribution in [-0.4, -0.2) is 37.1 Å². The molecule has 0 saturated carbocycles. The molecule has 6 heteroatoms. The third-order valence-corrected chi connectivity index (χ3v) is 4.83. The van der Waals surface area contributed by atoms with Crippen molar-refractivity contribution in [2.24, 2.45) is 11.7 Å². The highest BCUT2D eigenvalue weighted by atomic mass is 79.9. The Kier molecular flexibility index (Phi) is 4.35. The summed E-state index contributed by atoms with van der Waals surface area (Å²) < 4.78 is 12.2. The van der Waals surface area contributed by atoms with Crippen LogP contribution >= 0.6 is 15.9 Å². The maximum absolute atomic E-state index is 11.2. The summed E-state index contributed by atoms with van der Waals surface area (Å²) in [6.45, 7) is 3.82. The van der Waals surface area contributed by atoms with E-state index < -0.39 is 0 Å². The number of piperidine rings is 1. The fourth-order valence-electron chi connectivity index (χ4n) is 2.84. The van der Waals surface area contributed by atoms with Crippen LogP contribution in [0.3, 0.4) is 0 Å². The molecule has 1 fully saturated rings. The van der Waals surface area contributed by atoms with Crippen molar-refractivity contribution in [3.8, 4) is 11.5 Å². The van der Waals surface area contributed by atoms with Crippen molar-refractivity contribution in [1.82, 2.24) is 4.90 Å². The molecule has 0 aromatic heterocycles. The average Bonchev–Trinajstić information content (AvgIpc) is 2.48. The van der Waals surface area contributed by atoms with Crippen LogP contribution in [0.2, 0.25) is 0 Å². The average molecular weight is 355 g/mol. The zero-order valence-corrected chi connectivity index (χ0v) is 13.4. The van der Waals surface area contributed by atoms with Crippen LogP contribution in [0, 0.1) is 5.92 Å². The van der Waals surface area contributed by atoms with E-state index in [2.05, 4.69) is 20.8 Å². The summed E-state index contributed by atoms with van der Waals surface area (Å²) in [5, 5.41) is 0. The number of nitrogens with two attached hydrogens (primary N) is 1. The minimum Gasteiger partial charge on any atom is -0.486 e. The Morgan fingerprint density at radius 3 is 2.48 bits per heavy atom. The Balaban J connectivity index is 1.67. The van der Waals surface area contributed by atoms with Gasteiger partial charge in [-0.2, -0.15) is 0 Å². The van der Waals surface area contributed by atoms with Crippen molar-refractivity contribution in [3.63, 3.8) is 0 Å². The molecule has 0 aliphatic carbocycles. The van der Waals surface area contributed by atoms with Gasteiger partial charge in [0.15, 0.2) is 11.5 Å². The molecular formula is C15H19BrN2O3. The lowest BCUT2D eigenvalue weighted by atomic mass is 9.96. The summed E-state index contributed by atoms with van der Waals surface area (Å²) in [5.74, 6) is 1.47. The largest absolute Gasteiger partial charge is 0.486 e. The van der Waals surface area contributed by atoms with Gasteiger partial charge in [0.25, 0.3) is 0 Å². The molecule has 0 atom stereocenters. The van der Waals surface area contributed by atoms with Crippen molar-refractivity contribution >= 4 is 21.8 Å². The number of carbonyl (C=O) groups excluding carboxylic acids is 1. The van der Waals surface area contributed by atoms with Crippen LogP contribution in [0.4, 0.5) is 0 Å². The first-order valence-electron chi connectivity index (χ1n) is 7.23. The number of likely N-dealkylation sites (tertiary alicyclic amines) is 1. The molecule has 1 aromatic rings. The monoisotopic (exact) mass is 354 g/mol. The highest BCUT2D eigenvalue weighted by molar-refractivity contribution is 9.10. The molecule has 0 radical (unpaired) electrons. The number of carbonyl (C=O) groups is 1. The van der Waals surface area contributed by atoms with E-state index in [-0.39, 0.29) is 11.8 Å². The summed E-state index contributed by atoms with van der Waals surface area (Å²) in [7, 11) is 0. The van der Waals surface area contributed by atoms with Gasteiger partial charge in [-0.05, 0) is 43.6 Å². The molecular weight excluding hydrogens is 336 g/mol. The van der Waals surface area contributed by atoms with E-state index in [0.717, 1.165) is 48.4 Å². The summed E-state index contributed by atoms with van der Waals surface area (Å²) in [6, 6.07) is 4.01. The molecule has 5 nitrogen and oxygen atoms in total. The van der Waals surface area contributed by atoms with Gasteiger partial charge in [-0.25, -0.2) is 0 Å². The minimum atomic E-state index is -0.171. The summed E-state index contributed by atoms with van der Waals surface area (Å²) in [4.78, 5) is 13.5. The Morgan fingerprint density at radius 2 is 1.86 bits per heavy atom. The molecule has 114 valence electrons. The van der Waals surface area contributed by atoms with E-state index in [1.54, 1.807) is 0 Å². The number of hydrogen-bond acceptors (Lipinski definition) is 4. The van der Waals surface area contributed by atoms with Gasteiger partial charge in [-0.1, -0.05) is 15.9 Å². The first-order valence-corrected chi connectivity index (χ1v) is 8.02. The summed E-state index contributed by atoms with van der Waals surface area (Å²) in [5.41, 5.74) is 6.55. The molecule has 0 bridgehead atoms. The number of fused-ring (bicyclic) bond motifs is 1. The van der Waals surface area contributed by atoms with Gasteiger partial charge in [0.05, 0.1) is 0 Å². The Labute approximate surface area is 132 Å². The first-order chi connectivity index (χ1) is 10.1. The molecule has 21 heavy (non-hydrogen) atoms. The lowest BCUT2D eigenvalue weighted by molar-refractivity contribution is -0.123.